The highest BCUT2D eigenvalue weighted by atomic mass is 35.5. The van der Waals surface area contributed by atoms with Gasteiger partial charge in [0.05, 0.1) is 0 Å². The van der Waals surface area contributed by atoms with Crippen molar-refractivity contribution in [3.8, 4) is 0 Å². The van der Waals surface area contributed by atoms with Gasteiger partial charge in [-0.15, -0.1) is 11.6 Å². The second kappa shape index (κ2) is 4.51. The summed E-state index contributed by atoms with van der Waals surface area (Å²) in [7, 11) is 0. The van der Waals surface area contributed by atoms with E-state index in [9.17, 15) is 13.2 Å². The van der Waals surface area contributed by atoms with Crippen molar-refractivity contribution < 1.29 is 13.2 Å². The summed E-state index contributed by atoms with van der Waals surface area (Å²) in [6.07, 6.45) is 0.871. The van der Waals surface area contributed by atoms with Crippen molar-refractivity contribution in [1.82, 2.24) is 0 Å². The number of aryl methyl sites for hydroxylation is 1. The summed E-state index contributed by atoms with van der Waals surface area (Å²) < 4.78 is 38.0. The lowest BCUT2D eigenvalue weighted by Gasteiger charge is -2.02. The Morgan fingerprint density at radius 3 is 2.23 bits per heavy atom. The maximum absolute atomic E-state index is 12.9. The third-order valence-electron chi connectivity index (χ3n) is 1.67. The van der Waals surface area contributed by atoms with Crippen LogP contribution in [-0.4, -0.2) is 5.88 Å². The maximum atomic E-state index is 12.9. The average Bonchev–Trinajstić information content (AvgIpc) is 2.09. The Morgan fingerprint density at radius 2 is 1.62 bits per heavy atom. The zero-order chi connectivity index (χ0) is 9.84. The second-order valence-corrected chi connectivity index (χ2v) is 3.03. The minimum atomic E-state index is -1.16. The van der Waals surface area contributed by atoms with Crippen LogP contribution in [0.15, 0.2) is 12.1 Å². The number of alkyl halides is 1. The van der Waals surface area contributed by atoms with Gasteiger partial charge in [-0.1, -0.05) is 0 Å². The lowest BCUT2D eigenvalue weighted by molar-refractivity contribution is 0.489. The Labute approximate surface area is 79.3 Å². The fourth-order valence-corrected chi connectivity index (χ4v) is 1.15. The first kappa shape index (κ1) is 10.4. The maximum Gasteiger partial charge on any atom is 0.161 e. The number of hydrogen-bond acceptors (Lipinski definition) is 0. The average molecular weight is 209 g/mol. The Bertz CT molecular complexity index is 299. The van der Waals surface area contributed by atoms with E-state index < -0.39 is 17.5 Å². The van der Waals surface area contributed by atoms with E-state index in [1.165, 1.54) is 0 Å². The molecule has 0 radical (unpaired) electrons. The molecule has 0 aliphatic heterocycles. The van der Waals surface area contributed by atoms with Gasteiger partial charge in [0.15, 0.2) is 11.6 Å². The quantitative estimate of drug-likeness (QED) is 0.528. The van der Waals surface area contributed by atoms with Crippen LogP contribution in [0, 0.1) is 17.5 Å². The molecule has 0 N–H and O–H groups in total. The summed E-state index contributed by atoms with van der Waals surface area (Å²) in [6.45, 7) is 0. The molecular weight excluding hydrogens is 201 g/mol. The van der Waals surface area contributed by atoms with Crippen molar-refractivity contribution in [3.63, 3.8) is 0 Å². The summed E-state index contributed by atoms with van der Waals surface area (Å²) in [5.74, 6) is -2.53. The van der Waals surface area contributed by atoms with Gasteiger partial charge in [0.1, 0.15) is 5.82 Å². The van der Waals surface area contributed by atoms with E-state index >= 15 is 0 Å². The van der Waals surface area contributed by atoms with E-state index in [0.29, 0.717) is 24.8 Å². The van der Waals surface area contributed by atoms with E-state index in [4.69, 9.17) is 11.6 Å². The summed E-state index contributed by atoms with van der Waals surface area (Å²) in [6, 6.07) is 1.43. The Kier molecular flexibility index (Phi) is 3.60. The molecule has 1 rings (SSSR count). The highest BCUT2D eigenvalue weighted by Gasteiger charge is 2.08. The largest absolute Gasteiger partial charge is 0.207 e. The van der Waals surface area contributed by atoms with Gasteiger partial charge in [0, 0.05) is 11.9 Å². The molecule has 0 bridgehead atoms. The molecule has 0 aliphatic carbocycles. The summed E-state index contributed by atoms with van der Waals surface area (Å²) >= 11 is 5.38. The third kappa shape index (κ3) is 2.62. The second-order valence-electron chi connectivity index (χ2n) is 2.65. The van der Waals surface area contributed by atoms with Gasteiger partial charge in [0.2, 0.25) is 0 Å². The highest BCUT2D eigenvalue weighted by molar-refractivity contribution is 6.17. The van der Waals surface area contributed by atoms with Crippen LogP contribution < -0.4 is 0 Å². The van der Waals surface area contributed by atoms with Gasteiger partial charge in [-0.05, 0) is 24.5 Å². The third-order valence-corrected chi connectivity index (χ3v) is 1.94. The monoisotopic (exact) mass is 208 g/mol. The number of rotatable bonds is 3. The molecular formula is C9H8ClF3. The molecule has 0 aromatic heterocycles. The van der Waals surface area contributed by atoms with Crippen LogP contribution in [0.25, 0.3) is 0 Å². The minimum Gasteiger partial charge on any atom is -0.207 e. The molecule has 0 atom stereocenters. The predicted molar refractivity (Wildman–Crippen MR) is 45.4 cm³/mol. The van der Waals surface area contributed by atoms with Gasteiger partial charge < -0.3 is 0 Å². The van der Waals surface area contributed by atoms with Crippen LogP contribution in [0.4, 0.5) is 13.2 Å². The van der Waals surface area contributed by atoms with Crippen molar-refractivity contribution in [2.75, 3.05) is 5.88 Å². The predicted octanol–water partition coefficient (Wildman–Crippen LogP) is 3.28. The molecule has 72 valence electrons. The normalized spacial score (nSPS) is 10.5. The number of hydrogen-bond donors (Lipinski definition) is 0. The van der Waals surface area contributed by atoms with Gasteiger partial charge >= 0.3 is 0 Å². The fraction of sp³-hybridized carbons (Fsp3) is 0.333. The molecule has 1 aromatic carbocycles. The fourth-order valence-electron chi connectivity index (χ4n) is 1.01. The SMILES string of the molecule is Fc1cc(F)c(CCCCl)cc1F. The first-order chi connectivity index (χ1) is 6.15. The lowest BCUT2D eigenvalue weighted by atomic mass is 10.1. The summed E-state index contributed by atoms with van der Waals surface area (Å²) in [5, 5.41) is 0. The topological polar surface area (TPSA) is 0 Å². The van der Waals surface area contributed by atoms with Crippen LogP contribution >= 0.6 is 11.6 Å². The Balaban J connectivity index is 2.88. The first-order valence-corrected chi connectivity index (χ1v) is 4.38. The van der Waals surface area contributed by atoms with Gasteiger partial charge in [-0.25, -0.2) is 13.2 Å². The highest BCUT2D eigenvalue weighted by Crippen LogP contribution is 2.15. The van der Waals surface area contributed by atoms with Crippen LogP contribution in [0.2, 0.25) is 0 Å². The molecule has 13 heavy (non-hydrogen) atoms. The first-order valence-electron chi connectivity index (χ1n) is 3.84. The van der Waals surface area contributed by atoms with E-state index in [0.717, 1.165) is 6.07 Å². The molecule has 0 heterocycles. The van der Waals surface area contributed by atoms with Crippen LogP contribution in [0.1, 0.15) is 12.0 Å². The molecule has 0 amide bonds. The summed E-state index contributed by atoms with van der Waals surface area (Å²) in [5.41, 5.74) is 0.166. The van der Waals surface area contributed by atoms with Gasteiger partial charge in [0.25, 0.3) is 0 Å². The molecule has 0 spiro atoms. The van der Waals surface area contributed by atoms with Crippen molar-refractivity contribution in [3.05, 3.63) is 35.1 Å². The van der Waals surface area contributed by atoms with E-state index in [1.54, 1.807) is 0 Å². The summed E-state index contributed by atoms with van der Waals surface area (Å²) in [4.78, 5) is 0. The molecule has 0 aliphatic rings. The van der Waals surface area contributed by atoms with Crippen molar-refractivity contribution in [1.29, 1.82) is 0 Å². The number of benzene rings is 1. The van der Waals surface area contributed by atoms with Crippen molar-refractivity contribution in [2.45, 2.75) is 12.8 Å². The molecule has 1 aromatic rings. The van der Waals surface area contributed by atoms with E-state index in [1.807, 2.05) is 0 Å². The molecule has 0 fully saturated rings. The smallest absolute Gasteiger partial charge is 0.161 e. The zero-order valence-corrected chi connectivity index (χ0v) is 7.54. The van der Waals surface area contributed by atoms with Crippen molar-refractivity contribution >= 4 is 11.6 Å². The molecule has 0 unspecified atom stereocenters. The lowest BCUT2D eigenvalue weighted by Crippen LogP contribution is -1.96. The standard InChI is InChI=1S/C9H8ClF3/c10-3-1-2-6-4-8(12)9(13)5-7(6)11/h4-5H,1-3H2. The van der Waals surface area contributed by atoms with Crippen molar-refractivity contribution in [2.24, 2.45) is 0 Å². The Morgan fingerprint density at radius 1 is 1.00 bits per heavy atom. The minimum absolute atomic E-state index is 0.166. The van der Waals surface area contributed by atoms with Crippen LogP contribution in [-0.2, 0) is 6.42 Å². The molecule has 0 saturated heterocycles. The van der Waals surface area contributed by atoms with Crippen LogP contribution in [0.5, 0.6) is 0 Å². The molecule has 4 heteroatoms. The van der Waals surface area contributed by atoms with E-state index in [2.05, 4.69) is 0 Å². The van der Waals surface area contributed by atoms with Gasteiger partial charge in [-0.3, -0.25) is 0 Å². The molecule has 0 nitrogen and oxygen atoms in total. The van der Waals surface area contributed by atoms with Gasteiger partial charge in [-0.2, -0.15) is 0 Å². The van der Waals surface area contributed by atoms with E-state index in [-0.39, 0.29) is 5.56 Å². The zero-order valence-electron chi connectivity index (χ0n) is 6.79. The molecule has 0 saturated carbocycles. The Hall–Kier alpha value is -0.700. The van der Waals surface area contributed by atoms with Crippen LogP contribution in [0.3, 0.4) is 0 Å². The number of halogens is 4.